The Balaban J connectivity index is 2.12. The number of phosphoric acid groups is 3. The SMILES string of the molecule is Nc1nc(=O)n([C@@H]2OC(COP(=O)(O)OP(=O)(O)OP(=O)(O)O)=C(O)C2O)cc1Br. The molecule has 0 radical (unpaired) electrons. The highest BCUT2D eigenvalue weighted by Gasteiger charge is 2.43. The van der Waals surface area contributed by atoms with Gasteiger partial charge in [-0.2, -0.15) is 13.6 Å². The van der Waals surface area contributed by atoms with Crippen molar-refractivity contribution in [2.75, 3.05) is 12.3 Å². The number of halogens is 1. The van der Waals surface area contributed by atoms with E-state index in [0.29, 0.717) is 0 Å². The Morgan fingerprint density at radius 2 is 1.80 bits per heavy atom. The molecule has 0 aliphatic carbocycles. The lowest BCUT2D eigenvalue weighted by Gasteiger charge is -2.19. The molecule has 0 saturated heterocycles. The van der Waals surface area contributed by atoms with Gasteiger partial charge in [0.05, 0.1) is 4.47 Å². The van der Waals surface area contributed by atoms with Crippen molar-refractivity contribution >= 4 is 45.2 Å². The molecule has 0 amide bonds. The molecule has 2 rings (SSSR count). The summed E-state index contributed by atoms with van der Waals surface area (Å²) < 4.78 is 50.8. The van der Waals surface area contributed by atoms with Crippen LogP contribution in [0, 0.1) is 0 Å². The summed E-state index contributed by atoms with van der Waals surface area (Å²) in [6, 6.07) is 0. The topological polar surface area (TPSA) is 270 Å². The van der Waals surface area contributed by atoms with Gasteiger partial charge in [-0.05, 0) is 15.9 Å². The molecule has 1 aromatic rings. The second-order valence-electron chi connectivity index (χ2n) is 5.29. The van der Waals surface area contributed by atoms with Crippen LogP contribution in [0.2, 0.25) is 0 Å². The molecule has 4 atom stereocenters. The first kappa shape index (κ1) is 25.1. The second kappa shape index (κ2) is 8.78. The third-order valence-corrected chi connectivity index (χ3v) is 7.48. The minimum absolute atomic E-state index is 0.138. The highest BCUT2D eigenvalue weighted by atomic mass is 79.9. The van der Waals surface area contributed by atoms with Crippen molar-refractivity contribution in [3.05, 3.63) is 32.7 Å². The summed E-state index contributed by atoms with van der Waals surface area (Å²) in [4.78, 5) is 50.7. The van der Waals surface area contributed by atoms with Crippen molar-refractivity contribution in [1.82, 2.24) is 9.55 Å². The summed E-state index contributed by atoms with van der Waals surface area (Å²) >= 11 is 2.99. The van der Waals surface area contributed by atoms with Crippen LogP contribution in [0.1, 0.15) is 6.23 Å². The number of nitrogens with two attached hydrogens (primary N) is 1. The van der Waals surface area contributed by atoms with Crippen molar-refractivity contribution in [3.63, 3.8) is 0 Å². The molecule has 1 aliphatic heterocycles. The molecule has 0 bridgehead atoms. The second-order valence-corrected chi connectivity index (χ2v) is 10.6. The van der Waals surface area contributed by atoms with Crippen LogP contribution < -0.4 is 11.4 Å². The normalized spacial score (nSPS) is 23.7. The molecule has 1 aromatic heterocycles. The third kappa shape index (κ3) is 6.43. The van der Waals surface area contributed by atoms with Crippen LogP contribution in [0.5, 0.6) is 0 Å². The van der Waals surface area contributed by atoms with Gasteiger partial charge in [0.1, 0.15) is 12.4 Å². The number of rotatable bonds is 8. The lowest BCUT2D eigenvalue weighted by Crippen LogP contribution is -2.33. The van der Waals surface area contributed by atoms with Crippen LogP contribution in [-0.2, 0) is 31.6 Å². The molecule has 2 heterocycles. The smallest absolute Gasteiger partial charge is 0.490 e. The van der Waals surface area contributed by atoms with Gasteiger partial charge < -0.3 is 40.3 Å². The summed E-state index contributed by atoms with van der Waals surface area (Å²) in [6.07, 6.45) is -2.38. The first-order valence-electron chi connectivity index (χ1n) is 7.10. The Hall–Kier alpha value is -1.13. The Morgan fingerprint density at radius 3 is 2.37 bits per heavy atom. The quantitative estimate of drug-likeness (QED) is 0.199. The highest BCUT2D eigenvalue weighted by Crippen LogP contribution is 2.66. The number of anilines is 1. The Bertz CT molecular complexity index is 1070. The molecule has 0 saturated carbocycles. The van der Waals surface area contributed by atoms with Gasteiger partial charge in [0.25, 0.3) is 0 Å². The molecule has 17 nitrogen and oxygen atoms in total. The van der Waals surface area contributed by atoms with E-state index in [-0.39, 0.29) is 10.3 Å². The summed E-state index contributed by atoms with van der Waals surface area (Å²) in [7, 11) is -16.8. The lowest BCUT2D eigenvalue weighted by molar-refractivity contribution is -0.0171. The van der Waals surface area contributed by atoms with Gasteiger partial charge in [0.2, 0.25) is 6.23 Å². The monoisotopic (exact) mass is 559 g/mol. The predicted octanol–water partition coefficient (Wildman–Crippen LogP) is -0.409. The molecule has 1 aliphatic rings. The summed E-state index contributed by atoms with van der Waals surface area (Å²) in [5.41, 5.74) is 4.45. The van der Waals surface area contributed by atoms with Crippen molar-refractivity contribution in [2.45, 2.75) is 12.3 Å². The van der Waals surface area contributed by atoms with E-state index >= 15 is 0 Å². The average Bonchev–Trinajstić information content (AvgIpc) is 2.81. The van der Waals surface area contributed by atoms with Crippen LogP contribution in [-0.4, -0.2) is 52.0 Å². The first-order valence-corrected chi connectivity index (χ1v) is 12.4. The fourth-order valence-corrected chi connectivity index (χ4v) is 5.26. The maximum atomic E-state index is 11.9. The fourth-order valence-electron chi connectivity index (χ4n) is 1.97. The van der Waals surface area contributed by atoms with Crippen LogP contribution in [0.4, 0.5) is 5.82 Å². The van der Waals surface area contributed by atoms with Crippen LogP contribution in [0.15, 0.2) is 27.0 Å². The zero-order chi connectivity index (χ0) is 23.1. The van der Waals surface area contributed by atoms with Gasteiger partial charge in [-0.15, -0.1) is 0 Å². The van der Waals surface area contributed by atoms with E-state index in [0.717, 1.165) is 10.8 Å². The third-order valence-electron chi connectivity index (χ3n) is 3.08. The Labute approximate surface area is 173 Å². The van der Waals surface area contributed by atoms with E-state index < -0.39 is 59.6 Å². The van der Waals surface area contributed by atoms with Crippen LogP contribution >= 0.6 is 39.4 Å². The maximum Gasteiger partial charge on any atom is 0.490 e. The number of nitrogens with zero attached hydrogens (tertiary/aromatic N) is 2. The zero-order valence-electron chi connectivity index (χ0n) is 14.1. The molecular formula is C9H13BrN3O14P3. The minimum atomic E-state index is -5.74. The zero-order valence-corrected chi connectivity index (χ0v) is 18.3. The van der Waals surface area contributed by atoms with Crippen molar-refractivity contribution in [3.8, 4) is 0 Å². The van der Waals surface area contributed by atoms with Crippen LogP contribution in [0.3, 0.4) is 0 Å². The molecule has 0 aromatic carbocycles. The summed E-state index contributed by atoms with van der Waals surface area (Å²) in [5, 5.41) is 19.9. The number of ether oxygens (including phenoxy) is 1. The van der Waals surface area contributed by atoms with E-state index in [1.54, 1.807) is 0 Å². The van der Waals surface area contributed by atoms with E-state index in [9.17, 15) is 33.6 Å². The molecular weight excluding hydrogens is 547 g/mol. The Kier molecular flexibility index (Phi) is 7.36. The van der Waals surface area contributed by atoms with Crippen molar-refractivity contribution in [2.24, 2.45) is 0 Å². The summed E-state index contributed by atoms with van der Waals surface area (Å²) in [6.45, 7) is -1.15. The molecule has 0 spiro atoms. The number of aromatic nitrogens is 2. The van der Waals surface area contributed by atoms with Gasteiger partial charge >= 0.3 is 29.2 Å². The number of hydrogen-bond donors (Lipinski definition) is 7. The highest BCUT2D eigenvalue weighted by molar-refractivity contribution is 9.10. The minimum Gasteiger partial charge on any atom is -0.506 e. The van der Waals surface area contributed by atoms with E-state index in [2.05, 4.69) is 34.1 Å². The van der Waals surface area contributed by atoms with Gasteiger partial charge in [0.15, 0.2) is 17.6 Å². The molecule has 0 fully saturated rings. The number of aliphatic hydroxyl groups excluding tert-OH is 2. The number of hydrogen-bond acceptors (Lipinski definition) is 12. The van der Waals surface area contributed by atoms with Gasteiger partial charge in [-0.3, -0.25) is 9.09 Å². The number of phosphoric ester groups is 1. The molecule has 170 valence electrons. The van der Waals surface area contributed by atoms with Crippen molar-refractivity contribution in [1.29, 1.82) is 0 Å². The molecule has 21 heteroatoms. The maximum absolute atomic E-state index is 11.9. The first-order chi connectivity index (χ1) is 13.5. The van der Waals surface area contributed by atoms with Crippen LogP contribution in [0.25, 0.3) is 0 Å². The predicted molar refractivity (Wildman–Crippen MR) is 96.2 cm³/mol. The standard InChI is InChI=1S/C9H13BrN3O14P3/c10-3-1-13(9(16)12-7(3)11)8-6(15)5(14)4(25-8)2-24-29(20,21)27-30(22,23)26-28(17,18)19/h1,6,8,14-15H,2H2,(H,20,21)(H,22,23)(H2,11,12,16)(H2,17,18,19)/t6?,8-/m1/s1. The van der Waals surface area contributed by atoms with Gasteiger partial charge in [-0.1, -0.05) is 0 Å². The van der Waals surface area contributed by atoms with E-state index in [1.165, 1.54) is 0 Å². The average molecular weight is 560 g/mol. The lowest BCUT2D eigenvalue weighted by atomic mass is 10.2. The van der Waals surface area contributed by atoms with Gasteiger partial charge in [0, 0.05) is 6.20 Å². The summed E-state index contributed by atoms with van der Waals surface area (Å²) in [5.74, 6) is -1.79. The van der Waals surface area contributed by atoms with Crippen molar-refractivity contribution < 1.29 is 61.4 Å². The molecule has 8 N–H and O–H groups in total. The van der Waals surface area contributed by atoms with E-state index in [1.807, 2.05) is 0 Å². The van der Waals surface area contributed by atoms with E-state index in [4.69, 9.17) is 25.2 Å². The van der Waals surface area contributed by atoms with Gasteiger partial charge in [-0.25, -0.2) is 18.5 Å². The fraction of sp³-hybridized carbons (Fsp3) is 0.333. The Morgan fingerprint density at radius 1 is 1.20 bits per heavy atom. The molecule has 30 heavy (non-hydrogen) atoms. The molecule has 3 unspecified atom stereocenters. The number of nitrogen functional groups attached to an aromatic ring is 1. The number of aliphatic hydroxyl groups is 2. The largest absolute Gasteiger partial charge is 0.506 e.